The number of hydrogen-bond donors (Lipinski definition) is 4. The van der Waals surface area contributed by atoms with Gasteiger partial charge in [-0.25, -0.2) is 4.79 Å². The molecule has 0 saturated carbocycles. The third-order valence-corrected chi connectivity index (χ3v) is 5.88. The van der Waals surface area contributed by atoms with Crippen molar-refractivity contribution in [2.24, 2.45) is 0 Å². The zero-order valence-electron chi connectivity index (χ0n) is 14.9. The second-order valence-electron chi connectivity index (χ2n) is 6.86. The largest absolute Gasteiger partial charge is 0.329 e. The van der Waals surface area contributed by atoms with E-state index in [0.29, 0.717) is 6.04 Å². The molecule has 0 spiro atoms. The van der Waals surface area contributed by atoms with Crippen LogP contribution in [0.25, 0.3) is 0 Å². The summed E-state index contributed by atoms with van der Waals surface area (Å²) in [6.07, 6.45) is 0. The number of piperazine rings is 1. The number of likely N-dealkylation sites (N-methyl/N-ethyl adjacent to an activating group) is 1. The summed E-state index contributed by atoms with van der Waals surface area (Å²) in [5, 5.41) is 8.20. The Bertz CT molecular complexity index is 653. The van der Waals surface area contributed by atoms with Gasteiger partial charge in [-0.1, -0.05) is 24.3 Å². The molecule has 5 nitrogen and oxygen atoms in total. The molecule has 0 radical (unpaired) electrons. The summed E-state index contributed by atoms with van der Waals surface area (Å²) in [6, 6.07) is 14.1. The van der Waals surface area contributed by atoms with Crippen LogP contribution in [0.4, 0.5) is 10.5 Å². The molecule has 3 rings (SSSR count). The van der Waals surface area contributed by atoms with Gasteiger partial charge in [0.1, 0.15) is 32.2 Å². The Morgan fingerprint density at radius 3 is 2.44 bits per heavy atom. The van der Waals surface area contributed by atoms with Crippen LogP contribution in [0.3, 0.4) is 0 Å². The smallest absolute Gasteiger partial charge is 0.319 e. The van der Waals surface area contributed by atoms with Gasteiger partial charge in [-0.2, -0.15) is 0 Å². The third-order valence-electron chi connectivity index (χ3n) is 4.93. The van der Waals surface area contributed by atoms with Crippen molar-refractivity contribution in [1.29, 1.82) is 0 Å². The molecule has 0 unspecified atom stereocenters. The summed E-state index contributed by atoms with van der Waals surface area (Å²) in [4.78, 5) is 16.9. The lowest BCUT2D eigenvalue weighted by atomic mass is 10.1. The average molecular weight is 361 g/mol. The van der Waals surface area contributed by atoms with E-state index in [-0.39, 0.29) is 12.1 Å². The Hall–Kier alpha value is -1.89. The van der Waals surface area contributed by atoms with Crippen molar-refractivity contribution >= 4 is 23.1 Å². The van der Waals surface area contributed by atoms with Gasteiger partial charge in [0.2, 0.25) is 0 Å². The van der Waals surface area contributed by atoms with Crippen molar-refractivity contribution in [1.82, 2.24) is 5.32 Å². The molecule has 134 valence electrons. The average Bonchev–Trinajstić information content (AvgIpc) is 3.11. The molecule has 0 bridgehead atoms. The molecule has 1 aromatic heterocycles. The number of thiophene rings is 1. The van der Waals surface area contributed by atoms with Crippen molar-refractivity contribution in [3.8, 4) is 0 Å². The molecule has 1 aromatic carbocycles. The first kappa shape index (κ1) is 17.9. The van der Waals surface area contributed by atoms with Crippen molar-refractivity contribution in [2.75, 3.05) is 38.5 Å². The standard InChI is InChI=1S/C19H26N4OS/c1-15(20-19(24)21-16-7-4-3-5-8-16)18(17-9-6-14-25-17)23-12-10-22(2)11-13-23/h3-9,14-15,18H,10-13H2,1-2H3,(H2,20,21,24)/p+2/t15-,18+/m0/s1. The number of rotatable bonds is 5. The zero-order chi connectivity index (χ0) is 17.6. The molecule has 1 fully saturated rings. The third kappa shape index (κ3) is 4.81. The van der Waals surface area contributed by atoms with Crippen LogP contribution in [0.2, 0.25) is 0 Å². The summed E-state index contributed by atoms with van der Waals surface area (Å²) in [7, 11) is 2.26. The van der Waals surface area contributed by atoms with Gasteiger partial charge in [0.05, 0.1) is 18.0 Å². The van der Waals surface area contributed by atoms with Crippen LogP contribution >= 0.6 is 11.3 Å². The maximum Gasteiger partial charge on any atom is 0.319 e. The number of carbonyl (C=O) groups excluding carboxylic acids is 1. The van der Waals surface area contributed by atoms with Crippen molar-refractivity contribution < 1.29 is 14.6 Å². The first-order chi connectivity index (χ1) is 12.1. The van der Waals surface area contributed by atoms with Crippen LogP contribution in [0.1, 0.15) is 17.8 Å². The van der Waals surface area contributed by atoms with Crippen LogP contribution in [0.15, 0.2) is 47.8 Å². The molecule has 1 aliphatic rings. The molecule has 1 saturated heterocycles. The number of carbonyl (C=O) groups is 1. The number of amides is 2. The number of benzene rings is 1. The molecule has 0 aliphatic carbocycles. The number of para-hydroxylation sites is 1. The molecule has 1 aliphatic heterocycles. The molecule has 2 amide bonds. The number of nitrogens with one attached hydrogen (secondary N) is 4. The van der Waals surface area contributed by atoms with Gasteiger partial charge >= 0.3 is 6.03 Å². The Kier molecular flexibility index (Phi) is 6.07. The molecule has 2 heterocycles. The number of anilines is 1. The van der Waals surface area contributed by atoms with Crippen LogP contribution < -0.4 is 20.4 Å². The van der Waals surface area contributed by atoms with E-state index in [9.17, 15) is 4.79 Å². The molecule has 4 N–H and O–H groups in total. The van der Waals surface area contributed by atoms with Gasteiger partial charge in [-0.3, -0.25) is 0 Å². The van der Waals surface area contributed by atoms with Gasteiger partial charge in [0, 0.05) is 5.69 Å². The van der Waals surface area contributed by atoms with E-state index in [4.69, 9.17) is 0 Å². The minimum Gasteiger partial charge on any atom is -0.329 e. The molecule has 25 heavy (non-hydrogen) atoms. The van der Waals surface area contributed by atoms with Crippen LogP contribution in [-0.4, -0.2) is 45.3 Å². The highest BCUT2D eigenvalue weighted by Crippen LogP contribution is 2.20. The van der Waals surface area contributed by atoms with E-state index >= 15 is 0 Å². The van der Waals surface area contributed by atoms with Crippen molar-refractivity contribution in [3.63, 3.8) is 0 Å². The van der Waals surface area contributed by atoms with Crippen molar-refractivity contribution in [3.05, 3.63) is 52.7 Å². The monoisotopic (exact) mass is 360 g/mol. The maximum absolute atomic E-state index is 12.4. The van der Waals surface area contributed by atoms with E-state index < -0.39 is 0 Å². The first-order valence-corrected chi connectivity index (χ1v) is 9.83. The predicted octanol–water partition coefficient (Wildman–Crippen LogP) is 0.413. The van der Waals surface area contributed by atoms with Gasteiger partial charge in [0.25, 0.3) is 0 Å². The lowest BCUT2D eigenvalue weighted by Gasteiger charge is -2.35. The van der Waals surface area contributed by atoms with Gasteiger partial charge < -0.3 is 20.4 Å². The van der Waals surface area contributed by atoms with E-state index in [1.54, 1.807) is 21.1 Å². The van der Waals surface area contributed by atoms with Crippen molar-refractivity contribution in [2.45, 2.75) is 19.0 Å². The second kappa shape index (κ2) is 8.47. The van der Waals surface area contributed by atoms with Gasteiger partial charge in [-0.15, -0.1) is 11.3 Å². The minimum atomic E-state index is -0.139. The summed E-state index contributed by atoms with van der Waals surface area (Å²) in [5.41, 5.74) is 0.815. The summed E-state index contributed by atoms with van der Waals surface area (Å²) < 4.78 is 0. The van der Waals surface area contributed by atoms with Gasteiger partial charge in [-0.05, 0) is 30.5 Å². The minimum absolute atomic E-state index is 0.0655. The van der Waals surface area contributed by atoms with Crippen LogP contribution in [0, 0.1) is 0 Å². The van der Waals surface area contributed by atoms with Crippen LogP contribution in [0.5, 0.6) is 0 Å². The summed E-state index contributed by atoms with van der Waals surface area (Å²) >= 11 is 1.79. The number of hydrogen-bond acceptors (Lipinski definition) is 2. The van der Waals surface area contributed by atoms with Crippen LogP contribution in [-0.2, 0) is 0 Å². The molecule has 2 aromatic rings. The molecular weight excluding hydrogens is 332 g/mol. The maximum atomic E-state index is 12.4. The summed E-state index contributed by atoms with van der Waals surface area (Å²) in [5.74, 6) is 0. The highest BCUT2D eigenvalue weighted by atomic mass is 32.1. The SMILES string of the molecule is C[C@H](NC(=O)Nc1ccccc1)[C@H](c1cccs1)[NH+]1CC[NH+](C)CC1. The molecule has 6 heteroatoms. The highest BCUT2D eigenvalue weighted by Gasteiger charge is 2.34. The fraction of sp³-hybridized carbons (Fsp3) is 0.421. The van der Waals surface area contributed by atoms with E-state index in [1.807, 2.05) is 30.3 Å². The lowest BCUT2D eigenvalue weighted by molar-refractivity contribution is -1.02. The Labute approximate surface area is 153 Å². The predicted molar refractivity (Wildman–Crippen MR) is 102 cm³/mol. The second-order valence-corrected chi connectivity index (χ2v) is 7.84. The lowest BCUT2D eigenvalue weighted by Crippen LogP contribution is -3.27. The Morgan fingerprint density at radius 2 is 1.80 bits per heavy atom. The van der Waals surface area contributed by atoms with E-state index in [1.165, 1.54) is 18.0 Å². The number of urea groups is 1. The summed E-state index contributed by atoms with van der Waals surface area (Å²) in [6.45, 7) is 6.76. The Morgan fingerprint density at radius 1 is 1.08 bits per heavy atom. The van der Waals surface area contributed by atoms with E-state index in [0.717, 1.165) is 18.8 Å². The Balaban J connectivity index is 1.66. The van der Waals surface area contributed by atoms with E-state index in [2.05, 4.69) is 42.1 Å². The first-order valence-electron chi connectivity index (χ1n) is 8.95. The fourth-order valence-electron chi connectivity index (χ4n) is 3.56. The zero-order valence-corrected chi connectivity index (χ0v) is 15.7. The number of quaternary nitrogens is 2. The molecule has 2 atom stereocenters. The quantitative estimate of drug-likeness (QED) is 0.614. The highest BCUT2D eigenvalue weighted by molar-refractivity contribution is 7.10. The normalized spacial score (nSPS) is 22.8. The fourth-order valence-corrected chi connectivity index (χ4v) is 4.55. The topological polar surface area (TPSA) is 50.0 Å². The molecular formula is C19H28N4OS+2. The van der Waals surface area contributed by atoms with Gasteiger partial charge in [0.15, 0.2) is 0 Å².